The lowest BCUT2D eigenvalue weighted by Crippen LogP contribution is -2.28. The molecule has 0 bridgehead atoms. The van der Waals surface area contributed by atoms with Crippen LogP contribution in [-0.4, -0.2) is 47.0 Å². The molecule has 2 heterocycles. The Morgan fingerprint density at radius 3 is 2.89 bits per heavy atom. The Morgan fingerprint density at radius 2 is 2.28 bits per heavy atom. The minimum Gasteiger partial charge on any atom is -0.478 e. The number of aliphatic carboxylic acids is 1. The molecule has 0 saturated carbocycles. The van der Waals surface area contributed by atoms with Crippen LogP contribution in [0.2, 0.25) is 0 Å². The first kappa shape index (κ1) is 12.6. The van der Waals surface area contributed by atoms with E-state index in [4.69, 9.17) is 5.11 Å². The van der Waals surface area contributed by atoms with Gasteiger partial charge >= 0.3 is 12.0 Å². The molecule has 5 nitrogen and oxygen atoms in total. The highest BCUT2D eigenvalue weighted by Crippen LogP contribution is 2.21. The molecule has 0 aliphatic carbocycles. The van der Waals surface area contributed by atoms with Crippen molar-refractivity contribution in [3.05, 3.63) is 28.0 Å². The number of thiophene rings is 1. The fourth-order valence-corrected chi connectivity index (χ4v) is 2.69. The van der Waals surface area contributed by atoms with Gasteiger partial charge in [0.1, 0.15) is 0 Å². The first-order valence-electron chi connectivity index (χ1n) is 5.56. The highest BCUT2D eigenvalue weighted by atomic mass is 32.1. The van der Waals surface area contributed by atoms with E-state index in [2.05, 4.69) is 0 Å². The summed E-state index contributed by atoms with van der Waals surface area (Å²) in [5.74, 6) is -0.957. The summed E-state index contributed by atoms with van der Waals surface area (Å²) in [6.07, 6.45) is 2.68. The number of carbonyl (C=O) groups is 2. The normalized spacial score (nSPS) is 15.9. The van der Waals surface area contributed by atoms with E-state index >= 15 is 0 Å². The Hall–Kier alpha value is -1.82. The molecule has 2 rings (SSSR count). The zero-order valence-corrected chi connectivity index (χ0v) is 10.8. The Labute approximate surface area is 109 Å². The van der Waals surface area contributed by atoms with Gasteiger partial charge in [0.15, 0.2) is 0 Å². The maximum atomic E-state index is 11.7. The molecule has 1 fully saturated rings. The molecule has 1 N–H and O–H groups in total. The van der Waals surface area contributed by atoms with E-state index in [0.29, 0.717) is 6.54 Å². The van der Waals surface area contributed by atoms with Crippen LogP contribution in [0, 0.1) is 0 Å². The number of nitrogens with zero attached hydrogens (tertiary/aromatic N) is 2. The third-order valence-electron chi connectivity index (χ3n) is 2.72. The highest BCUT2D eigenvalue weighted by molar-refractivity contribution is 7.12. The van der Waals surface area contributed by atoms with Crippen LogP contribution in [0.4, 0.5) is 4.79 Å². The van der Waals surface area contributed by atoms with E-state index in [1.165, 1.54) is 11.3 Å². The monoisotopic (exact) mass is 266 g/mol. The van der Waals surface area contributed by atoms with Gasteiger partial charge in [-0.1, -0.05) is 0 Å². The number of carboxylic acids is 1. The van der Waals surface area contributed by atoms with Crippen LogP contribution in [0.3, 0.4) is 0 Å². The second-order valence-electron chi connectivity index (χ2n) is 4.10. The van der Waals surface area contributed by atoms with Crippen molar-refractivity contribution < 1.29 is 14.7 Å². The van der Waals surface area contributed by atoms with Crippen molar-refractivity contribution in [2.75, 3.05) is 20.1 Å². The molecule has 1 aromatic rings. The lowest BCUT2D eigenvalue weighted by Gasteiger charge is -2.14. The third-order valence-corrected chi connectivity index (χ3v) is 3.76. The average Bonchev–Trinajstić information content (AvgIpc) is 2.89. The van der Waals surface area contributed by atoms with E-state index in [1.54, 1.807) is 22.9 Å². The van der Waals surface area contributed by atoms with Gasteiger partial charge in [-0.2, -0.15) is 0 Å². The lowest BCUT2D eigenvalue weighted by molar-refractivity contribution is -0.131. The van der Waals surface area contributed by atoms with E-state index < -0.39 is 5.97 Å². The van der Waals surface area contributed by atoms with Gasteiger partial charge in [0, 0.05) is 36.0 Å². The summed E-state index contributed by atoms with van der Waals surface area (Å²) in [6, 6.07) is 3.84. The van der Waals surface area contributed by atoms with Crippen LogP contribution < -0.4 is 0 Å². The fourth-order valence-electron chi connectivity index (χ4n) is 1.76. The molecule has 2 amide bonds. The number of hydrogen-bond acceptors (Lipinski definition) is 3. The summed E-state index contributed by atoms with van der Waals surface area (Å²) in [7, 11) is 1.79. The molecule has 0 radical (unpaired) electrons. The summed E-state index contributed by atoms with van der Waals surface area (Å²) in [6.45, 7) is 2.10. The maximum Gasteiger partial charge on any atom is 0.328 e. The van der Waals surface area contributed by atoms with Crippen molar-refractivity contribution in [3.63, 3.8) is 0 Å². The van der Waals surface area contributed by atoms with Crippen LogP contribution in [0.1, 0.15) is 9.75 Å². The molecular weight excluding hydrogens is 252 g/mol. The van der Waals surface area contributed by atoms with Crippen LogP contribution in [-0.2, 0) is 11.3 Å². The molecule has 0 unspecified atom stereocenters. The maximum absolute atomic E-state index is 11.7. The van der Waals surface area contributed by atoms with Gasteiger partial charge in [-0.15, -0.1) is 11.3 Å². The summed E-state index contributed by atoms with van der Waals surface area (Å²) in [5, 5.41) is 8.53. The first-order chi connectivity index (χ1) is 8.56. The number of urea groups is 1. The van der Waals surface area contributed by atoms with Crippen molar-refractivity contribution in [2.45, 2.75) is 6.54 Å². The summed E-state index contributed by atoms with van der Waals surface area (Å²) >= 11 is 1.50. The second-order valence-corrected chi connectivity index (χ2v) is 5.30. The fraction of sp³-hybridized carbons (Fsp3) is 0.333. The van der Waals surface area contributed by atoms with Gasteiger partial charge in [-0.05, 0) is 18.2 Å². The molecule has 0 aromatic carbocycles. The van der Waals surface area contributed by atoms with Gasteiger partial charge in [-0.3, -0.25) is 0 Å². The van der Waals surface area contributed by atoms with E-state index in [-0.39, 0.29) is 6.03 Å². The van der Waals surface area contributed by atoms with E-state index in [0.717, 1.165) is 28.9 Å². The summed E-state index contributed by atoms with van der Waals surface area (Å²) in [4.78, 5) is 27.5. The molecule has 96 valence electrons. The smallest absolute Gasteiger partial charge is 0.328 e. The van der Waals surface area contributed by atoms with Crippen LogP contribution in [0.25, 0.3) is 6.08 Å². The van der Waals surface area contributed by atoms with Crippen molar-refractivity contribution in [3.8, 4) is 0 Å². The van der Waals surface area contributed by atoms with Crippen molar-refractivity contribution in [2.24, 2.45) is 0 Å². The minimum atomic E-state index is -0.957. The first-order valence-corrected chi connectivity index (χ1v) is 6.37. The lowest BCUT2D eigenvalue weighted by atomic mass is 10.4. The molecule has 1 aliphatic rings. The van der Waals surface area contributed by atoms with E-state index in [9.17, 15) is 9.59 Å². The molecule has 0 atom stereocenters. The number of likely N-dealkylation sites (N-methyl/N-ethyl adjacent to an activating group) is 1. The Kier molecular flexibility index (Phi) is 3.66. The minimum absolute atomic E-state index is 0.0472. The number of hydrogen-bond donors (Lipinski definition) is 1. The van der Waals surface area contributed by atoms with Gasteiger partial charge in [0.25, 0.3) is 0 Å². The second kappa shape index (κ2) is 5.22. The molecule has 1 saturated heterocycles. The largest absolute Gasteiger partial charge is 0.478 e. The zero-order valence-electron chi connectivity index (χ0n) is 10.00. The predicted molar refractivity (Wildman–Crippen MR) is 69.4 cm³/mol. The van der Waals surface area contributed by atoms with Gasteiger partial charge in [0.05, 0.1) is 6.54 Å². The van der Waals surface area contributed by atoms with E-state index in [1.807, 2.05) is 12.1 Å². The van der Waals surface area contributed by atoms with Crippen LogP contribution in [0.5, 0.6) is 0 Å². The average molecular weight is 266 g/mol. The quantitative estimate of drug-likeness (QED) is 0.844. The third kappa shape index (κ3) is 2.89. The van der Waals surface area contributed by atoms with Gasteiger partial charge in [0.2, 0.25) is 0 Å². The van der Waals surface area contributed by atoms with Gasteiger partial charge < -0.3 is 14.9 Å². The Bertz CT molecular complexity index is 495. The van der Waals surface area contributed by atoms with Crippen LogP contribution in [0.15, 0.2) is 18.2 Å². The molecular formula is C12H14N2O3S. The summed E-state index contributed by atoms with van der Waals surface area (Å²) in [5.41, 5.74) is 0. The number of carbonyl (C=O) groups excluding carboxylic acids is 1. The molecule has 18 heavy (non-hydrogen) atoms. The Morgan fingerprint density at radius 1 is 1.50 bits per heavy atom. The zero-order chi connectivity index (χ0) is 13.1. The molecule has 6 heteroatoms. The van der Waals surface area contributed by atoms with Gasteiger partial charge in [-0.25, -0.2) is 9.59 Å². The van der Waals surface area contributed by atoms with Crippen molar-refractivity contribution in [1.82, 2.24) is 9.80 Å². The predicted octanol–water partition coefficient (Wildman–Crippen LogP) is 1.71. The molecule has 1 aromatic heterocycles. The van der Waals surface area contributed by atoms with Crippen molar-refractivity contribution >= 4 is 29.4 Å². The Balaban J connectivity index is 1.99. The number of amides is 2. The highest BCUT2D eigenvalue weighted by Gasteiger charge is 2.25. The number of rotatable bonds is 4. The molecule has 0 spiro atoms. The standard InChI is InChI=1S/C12H14N2O3S/c1-13-6-7-14(12(13)17)8-10-3-2-9(18-10)4-5-11(15)16/h2-5H,6-8H2,1H3,(H,15,16). The van der Waals surface area contributed by atoms with Crippen LogP contribution >= 0.6 is 11.3 Å². The SMILES string of the molecule is CN1CCN(Cc2ccc(C=CC(=O)O)s2)C1=O. The van der Waals surface area contributed by atoms with Crippen molar-refractivity contribution in [1.29, 1.82) is 0 Å². The molecule has 1 aliphatic heterocycles. The topological polar surface area (TPSA) is 60.9 Å². The summed E-state index contributed by atoms with van der Waals surface area (Å²) < 4.78 is 0. The number of carboxylic acid groups (broad SMARTS) is 1.